The monoisotopic (exact) mass is 323 g/mol. The van der Waals surface area contributed by atoms with E-state index in [4.69, 9.17) is 18.0 Å². The first-order chi connectivity index (χ1) is 9.84. The van der Waals surface area contributed by atoms with Crippen LogP contribution in [0.1, 0.15) is 12.0 Å². The highest BCUT2D eigenvalue weighted by atomic mass is 32.2. The average Bonchev–Trinajstić information content (AvgIpc) is 2.45. The number of pyridine rings is 1. The second kappa shape index (κ2) is 6.05. The van der Waals surface area contributed by atoms with Crippen LogP contribution in [0.3, 0.4) is 0 Å². The van der Waals surface area contributed by atoms with Crippen molar-refractivity contribution in [3.63, 3.8) is 0 Å². The summed E-state index contributed by atoms with van der Waals surface area (Å²) in [5.74, 6) is 0. The molecular weight excluding hydrogens is 306 g/mol. The molecule has 1 aromatic carbocycles. The van der Waals surface area contributed by atoms with Crippen LogP contribution < -0.4 is 5.73 Å². The van der Waals surface area contributed by atoms with Gasteiger partial charge >= 0.3 is 0 Å². The number of rotatable bonds is 5. The Bertz CT molecular complexity index is 788. The molecule has 2 aromatic rings. The molecule has 0 saturated heterocycles. The van der Waals surface area contributed by atoms with Crippen molar-refractivity contribution < 1.29 is 8.42 Å². The van der Waals surface area contributed by atoms with Gasteiger partial charge in [-0.25, -0.2) is 12.7 Å². The smallest absolute Gasteiger partial charge is 0.243 e. The molecule has 0 fully saturated rings. The summed E-state index contributed by atoms with van der Waals surface area (Å²) in [5, 5.41) is 0.625. The second-order valence-electron chi connectivity index (χ2n) is 4.82. The fourth-order valence-corrected chi connectivity index (χ4v) is 3.51. The van der Waals surface area contributed by atoms with Gasteiger partial charge in [-0.3, -0.25) is 4.98 Å². The molecule has 21 heavy (non-hydrogen) atoms. The van der Waals surface area contributed by atoms with Crippen LogP contribution in [0, 0.1) is 6.92 Å². The molecule has 0 radical (unpaired) electrons. The van der Waals surface area contributed by atoms with Crippen molar-refractivity contribution >= 4 is 38.1 Å². The normalized spacial score (nSPS) is 12.0. The van der Waals surface area contributed by atoms with Crippen molar-refractivity contribution in [1.29, 1.82) is 0 Å². The Kier molecular flexibility index (Phi) is 4.55. The first-order valence-corrected chi connectivity index (χ1v) is 8.28. The van der Waals surface area contributed by atoms with E-state index in [0.717, 1.165) is 5.56 Å². The summed E-state index contributed by atoms with van der Waals surface area (Å²) in [5.41, 5.74) is 7.07. The van der Waals surface area contributed by atoms with Gasteiger partial charge in [0, 0.05) is 31.6 Å². The van der Waals surface area contributed by atoms with E-state index in [1.54, 1.807) is 30.5 Å². The largest absolute Gasteiger partial charge is 0.393 e. The number of sulfonamides is 1. The van der Waals surface area contributed by atoms with E-state index in [1.165, 1.54) is 11.4 Å². The third-order valence-corrected chi connectivity index (χ3v) is 5.41. The van der Waals surface area contributed by atoms with Crippen molar-refractivity contribution in [3.05, 3.63) is 36.0 Å². The molecule has 0 bridgehead atoms. The maximum Gasteiger partial charge on any atom is 0.243 e. The van der Waals surface area contributed by atoms with E-state index in [-0.39, 0.29) is 11.4 Å². The summed E-state index contributed by atoms with van der Waals surface area (Å²) < 4.78 is 26.6. The number of benzene rings is 1. The van der Waals surface area contributed by atoms with Gasteiger partial charge in [-0.05, 0) is 30.7 Å². The number of nitrogens with two attached hydrogens (primary N) is 1. The Morgan fingerprint density at radius 2 is 2.10 bits per heavy atom. The highest BCUT2D eigenvalue weighted by Gasteiger charge is 2.23. The summed E-state index contributed by atoms with van der Waals surface area (Å²) >= 11 is 4.79. The van der Waals surface area contributed by atoms with Crippen LogP contribution in [0.4, 0.5) is 0 Å². The van der Waals surface area contributed by atoms with Gasteiger partial charge in [-0.15, -0.1) is 0 Å². The van der Waals surface area contributed by atoms with Gasteiger partial charge in [0.15, 0.2) is 0 Å². The summed E-state index contributed by atoms with van der Waals surface area (Å²) in [7, 11) is -2.08. The van der Waals surface area contributed by atoms with Crippen molar-refractivity contribution in [2.24, 2.45) is 5.73 Å². The van der Waals surface area contributed by atoms with Crippen LogP contribution in [-0.4, -0.2) is 36.3 Å². The zero-order valence-electron chi connectivity index (χ0n) is 11.9. The van der Waals surface area contributed by atoms with Gasteiger partial charge in [0.05, 0.1) is 15.4 Å². The second-order valence-corrected chi connectivity index (χ2v) is 7.36. The SMILES string of the molecule is Cc1ccc(S(=O)(=O)N(C)CCC(N)=S)c2cccnc12. The Morgan fingerprint density at radius 3 is 2.76 bits per heavy atom. The van der Waals surface area contributed by atoms with Gasteiger partial charge < -0.3 is 5.73 Å². The topological polar surface area (TPSA) is 76.3 Å². The molecule has 1 aromatic heterocycles. The number of hydrogen-bond donors (Lipinski definition) is 1. The molecule has 5 nitrogen and oxygen atoms in total. The number of nitrogens with zero attached hydrogens (tertiary/aromatic N) is 2. The molecule has 0 aliphatic rings. The zero-order chi connectivity index (χ0) is 15.6. The number of aryl methyl sites for hydroxylation is 1. The van der Waals surface area contributed by atoms with Crippen LogP contribution in [0.2, 0.25) is 0 Å². The molecule has 2 N–H and O–H groups in total. The predicted molar refractivity (Wildman–Crippen MR) is 87.7 cm³/mol. The van der Waals surface area contributed by atoms with Crippen LogP contribution in [0.15, 0.2) is 35.4 Å². The van der Waals surface area contributed by atoms with E-state index in [9.17, 15) is 8.42 Å². The van der Waals surface area contributed by atoms with E-state index < -0.39 is 10.0 Å². The van der Waals surface area contributed by atoms with Crippen molar-refractivity contribution in [1.82, 2.24) is 9.29 Å². The van der Waals surface area contributed by atoms with Gasteiger partial charge in [0.1, 0.15) is 0 Å². The molecule has 0 aliphatic carbocycles. The lowest BCUT2D eigenvalue weighted by atomic mass is 10.1. The number of hydrogen-bond acceptors (Lipinski definition) is 4. The van der Waals surface area contributed by atoms with Crippen molar-refractivity contribution in [2.45, 2.75) is 18.2 Å². The molecule has 112 valence electrons. The van der Waals surface area contributed by atoms with Gasteiger partial charge in [0.25, 0.3) is 0 Å². The summed E-state index contributed by atoms with van der Waals surface area (Å²) in [6.07, 6.45) is 2.01. The maximum absolute atomic E-state index is 12.7. The molecule has 0 saturated carbocycles. The molecule has 1 heterocycles. The Balaban J connectivity index is 2.50. The first-order valence-electron chi connectivity index (χ1n) is 6.43. The summed E-state index contributed by atoms with van der Waals surface area (Å²) in [6, 6.07) is 6.88. The molecule has 0 amide bonds. The van der Waals surface area contributed by atoms with Crippen molar-refractivity contribution in [2.75, 3.05) is 13.6 Å². The average molecular weight is 323 g/mol. The lowest BCUT2D eigenvalue weighted by Crippen LogP contribution is -2.30. The molecule has 0 aliphatic heterocycles. The number of aromatic nitrogens is 1. The quantitative estimate of drug-likeness (QED) is 0.850. The van der Waals surface area contributed by atoms with E-state index in [2.05, 4.69) is 4.98 Å². The minimum atomic E-state index is -3.60. The van der Waals surface area contributed by atoms with Crippen LogP contribution in [0.25, 0.3) is 10.9 Å². The number of thiocarbonyl (C=S) groups is 1. The Hall–Kier alpha value is -1.57. The maximum atomic E-state index is 12.7. The lowest BCUT2D eigenvalue weighted by molar-refractivity contribution is 0.479. The first kappa shape index (κ1) is 15.8. The Labute approximate surface area is 129 Å². The number of fused-ring (bicyclic) bond motifs is 1. The zero-order valence-corrected chi connectivity index (χ0v) is 13.5. The van der Waals surface area contributed by atoms with Gasteiger partial charge in [-0.1, -0.05) is 18.3 Å². The van der Waals surface area contributed by atoms with E-state index in [0.29, 0.717) is 22.3 Å². The molecule has 0 unspecified atom stereocenters. The fraction of sp³-hybridized carbons (Fsp3) is 0.286. The summed E-state index contributed by atoms with van der Waals surface area (Å²) in [4.78, 5) is 4.81. The molecule has 7 heteroatoms. The van der Waals surface area contributed by atoms with Gasteiger partial charge in [-0.2, -0.15) is 0 Å². The molecular formula is C14H17N3O2S2. The lowest BCUT2D eigenvalue weighted by Gasteiger charge is -2.18. The standard InChI is InChI=1S/C14H17N3O2S2/c1-10-5-6-12(11-4-3-8-16-14(10)11)21(18,19)17(2)9-7-13(15)20/h3-6,8H,7,9H2,1-2H3,(H2,15,20). The minimum absolute atomic E-state index is 0.252. The predicted octanol–water partition coefficient (Wildman–Crippen LogP) is 1.84. The van der Waals surface area contributed by atoms with Crippen LogP contribution in [-0.2, 0) is 10.0 Å². The van der Waals surface area contributed by atoms with Crippen LogP contribution in [0.5, 0.6) is 0 Å². The fourth-order valence-electron chi connectivity index (χ4n) is 2.07. The summed E-state index contributed by atoms with van der Waals surface area (Å²) in [6.45, 7) is 2.16. The Morgan fingerprint density at radius 1 is 1.38 bits per heavy atom. The van der Waals surface area contributed by atoms with Crippen LogP contribution >= 0.6 is 12.2 Å². The molecule has 0 atom stereocenters. The molecule has 2 rings (SSSR count). The molecule has 0 spiro atoms. The van der Waals surface area contributed by atoms with Crippen molar-refractivity contribution in [3.8, 4) is 0 Å². The third kappa shape index (κ3) is 3.20. The third-order valence-electron chi connectivity index (χ3n) is 3.29. The van der Waals surface area contributed by atoms with Gasteiger partial charge in [0.2, 0.25) is 10.0 Å². The highest BCUT2D eigenvalue weighted by Crippen LogP contribution is 2.26. The van der Waals surface area contributed by atoms with E-state index >= 15 is 0 Å². The highest BCUT2D eigenvalue weighted by molar-refractivity contribution is 7.89. The minimum Gasteiger partial charge on any atom is -0.393 e. The van der Waals surface area contributed by atoms with E-state index in [1.807, 2.05) is 6.92 Å².